The number of rotatable bonds is 10. The first kappa shape index (κ1) is 17.4. The van der Waals surface area contributed by atoms with Crippen LogP contribution in [0.2, 0.25) is 0 Å². The highest BCUT2D eigenvalue weighted by Crippen LogP contribution is 1.99. The first-order valence-corrected chi connectivity index (χ1v) is 6.50. The zero-order chi connectivity index (χ0) is 14.5. The molecule has 0 heterocycles. The normalized spacial score (nSPS) is 9.63. The Bertz CT molecular complexity index is 297. The fourth-order valence-electron chi connectivity index (χ4n) is 1.15. The summed E-state index contributed by atoms with van der Waals surface area (Å²) in [4.78, 5) is 27.0. The average Bonchev–Trinajstić information content (AvgIpc) is 2.35. The van der Waals surface area contributed by atoms with Crippen LogP contribution in [0.4, 0.5) is 0 Å². The Morgan fingerprint density at radius 2 is 1.63 bits per heavy atom. The van der Waals surface area contributed by atoms with Gasteiger partial charge in [0.05, 0.1) is 12.3 Å². The molecule has 0 saturated carbocycles. The molecule has 0 spiro atoms. The second-order valence-electron chi connectivity index (χ2n) is 4.25. The van der Waals surface area contributed by atoms with E-state index < -0.39 is 11.9 Å². The maximum Gasteiger partial charge on any atom is 0.347 e. The van der Waals surface area contributed by atoms with Crippen LogP contribution in [0.5, 0.6) is 0 Å². The van der Waals surface area contributed by atoms with Crippen molar-refractivity contribution in [2.75, 3.05) is 19.8 Å². The molecular formula is C13H23NO5. The van der Waals surface area contributed by atoms with Crippen molar-refractivity contribution in [3.8, 4) is 0 Å². The molecule has 0 aromatic heterocycles. The summed E-state index contributed by atoms with van der Waals surface area (Å²) in [5.74, 6) is -1.19. The van der Waals surface area contributed by atoms with Crippen LogP contribution >= 0.6 is 0 Å². The van der Waals surface area contributed by atoms with Crippen LogP contribution in [-0.2, 0) is 23.9 Å². The number of oxime groups is 1. The zero-order valence-electron chi connectivity index (χ0n) is 11.9. The standard InChI is InChI=1S/C13H23NO5/c1-4-5-6-7-8-17-12(15)9-18-13(16)10-19-14-11(2)3/h4-10H2,1-3H3. The largest absolute Gasteiger partial charge is 0.463 e. The monoisotopic (exact) mass is 273 g/mol. The molecule has 0 aliphatic rings. The molecule has 110 valence electrons. The smallest absolute Gasteiger partial charge is 0.347 e. The Labute approximate surface area is 114 Å². The minimum absolute atomic E-state index is 0.311. The van der Waals surface area contributed by atoms with Crippen molar-refractivity contribution in [3.05, 3.63) is 0 Å². The number of unbranched alkanes of at least 4 members (excludes halogenated alkanes) is 3. The number of nitrogens with zero attached hydrogens (tertiary/aromatic N) is 1. The van der Waals surface area contributed by atoms with Gasteiger partial charge in [0.25, 0.3) is 0 Å². The third-order valence-electron chi connectivity index (χ3n) is 2.04. The lowest BCUT2D eigenvalue weighted by Crippen LogP contribution is -2.19. The van der Waals surface area contributed by atoms with Gasteiger partial charge in [-0.2, -0.15) is 0 Å². The molecule has 0 aliphatic carbocycles. The van der Waals surface area contributed by atoms with Gasteiger partial charge in [-0.15, -0.1) is 0 Å². The second-order valence-corrected chi connectivity index (χ2v) is 4.25. The van der Waals surface area contributed by atoms with Crippen molar-refractivity contribution in [2.24, 2.45) is 5.16 Å². The van der Waals surface area contributed by atoms with Gasteiger partial charge in [0, 0.05) is 0 Å². The second kappa shape index (κ2) is 11.5. The summed E-state index contributed by atoms with van der Waals surface area (Å²) >= 11 is 0. The number of carbonyl (C=O) groups excluding carboxylic acids is 2. The van der Waals surface area contributed by atoms with E-state index >= 15 is 0 Å². The van der Waals surface area contributed by atoms with E-state index in [0.29, 0.717) is 12.3 Å². The number of hydrogen-bond donors (Lipinski definition) is 0. The van der Waals surface area contributed by atoms with Crippen LogP contribution in [0.3, 0.4) is 0 Å². The van der Waals surface area contributed by atoms with Gasteiger partial charge in [-0.25, -0.2) is 9.59 Å². The first-order chi connectivity index (χ1) is 9.06. The fraction of sp³-hybridized carbons (Fsp3) is 0.769. The molecule has 0 unspecified atom stereocenters. The van der Waals surface area contributed by atoms with Crippen LogP contribution in [0.25, 0.3) is 0 Å². The molecule has 0 aromatic carbocycles. The maximum atomic E-state index is 11.2. The molecule has 6 nitrogen and oxygen atoms in total. The molecule has 0 N–H and O–H groups in total. The van der Waals surface area contributed by atoms with Gasteiger partial charge in [0.1, 0.15) is 0 Å². The van der Waals surface area contributed by atoms with E-state index in [1.165, 1.54) is 0 Å². The molecule has 0 bridgehead atoms. The van der Waals surface area contributed by atoms with E-state index in [9.17, 15) is 9.59 Å². The fourth-order valence-corrected chi connectivity index (χ4v) is 1.15. The predicted octanol–water partition coefficient (Wildman–Crippen LogP) is 2.07. The van der Waals surface area contributed by atoms with Gasteiger partial charge in [0.15, 0.2) is 6.61 Å². The molecule has 6 heteroatoms. The van der Waals surface area contributed by atoms with E-state index in [1.54, 1.807) is 13.8 Å². The van der Waals surface area contributed by atoms with Crippen molar-refractivity contribution in [1.82, 2.24) is 0 Å². The molecule has 0 fully saturated rings. The number of esters is 2. The summed E-state index contributed by atoms with van der Waals surface area (Å²) in [5.41, 5.74) is 0.694. The Kier molecular flexibility index (Phi) is 10.5. The zero-order valence-corrected chi connectivity index (χ0v) is 11.9. The summed E-state index contributed by atoms with van der Waals surface area (Å²) in [6.07, 6.45) is 4.12. The highest BCUT2D eigenvalue weighted by Gasteiger charge is 2.08. The van der Waals surface area contributed by atoms with Crippen LogP contribution < -0.4 is 0 Å². The lowest BCUT2D eigenvalue weighted by molar-refractivity contribution is -0.161. The Balaban J connectivity index is 3.50. The molecule has 0 aliphatic heterocycles. The first-order valence-electron chi connectivity index (χ1n) is 6.50. The third kappa shape index (κ3) is 12.7. The molecular weight excluding hydrogens is 250 g/mol. The summed E-state index contributed by atoms with van der Waals surface area (Å²) in [7, 11) is 0. The van der Waals surface area contributed by atoms with Crippen molar-refractivity contribution in [1.29, 1.82) is 0 Å². The molecule has 0 saturated heterocycles. The van der Waals surface area contributed by atoms with Crippen molar-refractivity contribution >= 4 is 17.7 Å². The van der Waals surface area contributed by atoms with E-state index in [0.717, 1.165) is 25.7 Å². The van der Waals surface area contributed by atoms with Gasteiger partial charge >= 0.3 is 11.9 Å². The molecule has 0 rings (SSSR count). The van der Waals surface area contributed by atoms with Gasteiger partial charge in [-0.3, -0.25) is 0 Å². The molecule has 0 atom stereocenters. The van der Waals surface area contributed by atoms with Gasteiger partial charge in [-0.1, -0.05) is 31.3 Å². The minimum atomic E-state index is -0.645. The Morgan fingerprint density at radius 3 is 2.26 bits per heavy atom. The molecule has 0 amide bonds. The van der Waals surface area contributed by atoms with E-state index in [1.807, 2.05) is 0 Å². The van der Waals surface area contributed by atoms with E-state index in [-0.39, 0.29) is 13.2 Å². The molecule has 0 radical (unpaired) electrons. The molecule has 0 aromatic rings. The van der Waals surface area contributed by atoms with Crippen molar-refractivity contribution in [3.63, 3.8) is 0 Å². The SMILES string of the molecule is CCCCCCOC(=O)COC(=O)CON=C(C)C. The van der Waals surface area contributed by atoms with Crippen LogP contribution in [-0.4, -0.2) is 37.5 Å². The van der Waals surface area contributed by atoms with Crippen LogP contribution in [0.15, 0.2) is 5.16 Å². The van der Waals surface area contributed by atoms with Crippen molar-refractivity contribution in [2.45, 2.75) is 46.5 Å². The average molecular weight is 273 g/mol. The number of carbonyl (C=O) groups is 2. The Morgan fingerprint density at radius 1 is 0.947 bits per heavy atom. The van der Waals surface area contributed by atoms with Crippen LogP contribution in [0.1, 0.15) is 46.5 Å². The molecule has 19 heavy (non-hydrogen) atoms. The lowest BCUT2D eigenvalue weighted by Gasteiger charge is -2.05. The van der Waals surface area contributed by atoms with Crippen LogP contribution in [0, 0.1) is 0 Å². The summed E-state index contributed by atoms with van der Waals surface area (Å²) in [5, 5.41) is 3.57. The van der Waals surface area contributed by atoms with Gasteiger partial charge in [0.2, 0.25) is 6.61 Å². The predicted molar refractivity (Wildman–Crippen MR) is 70.8 cm³/mol. The van der Waals surface area contributed by atoms with Gasteiger partial charge < -0.3 is 14.3 Å². The van der Waals surface area contributed by atoms with Crippen molar-refractivity contribution < 1.29 is 23.9 Å². The summed E-state index contributed by atoms with van der Waals surface area (Å²) in [6, 6.07) is 0. The quantitative estimate of drug-likeness (QED) is 0.263. The topological polar surface area (TPSA) is 74.2 Å². The Hall–Kier alpha value is -1.59. The number of ether oxygens (including phenoxy) is 2. The van der Waals surface area contributed by atoms with Gasteiger partial charge in [-0.05, 0) is 20.3 Å². The number of hydrogen-bond acceptors (Lipinski definition) is 6. The van der Waals surface area contributed by atoms with E-state index in [2.05, 4.69) is 21.7 Å². The minimum Gasteiger partial charge on any atom is -0.463 e. The van der Waals surface area contributed by atoms with E-state index in [4.69, 9.17) is 4.74 Å². The summed E-state index contributed by atoms with van der Waals surface area (Å²) < 4.78 is 9.55. The summed E-state index contributed by atoms with van der Waals surface area (Å²) in [6.45, 7) is 5.26. The highest BCUT2D eigenvalue weighted by atomic mass is 16.7. The lowest BCUT2D eigenvalue weighted by atomic mass is 10.2. The third-order valence-corrected chi connectivity index (χ3v) is 2.04. The maximum absolute atomic E-state index is 11.2. The highest BCUT2D eigenvalue weighted by molar-refractivity contribution is 5.79.